The fraction of sp³-hybridized carbons (Fsp3) is 0.818. The molecule has 0 saturated heterocycles. The third-order valence-electron chi connectivity index (χ3n) is 2.85. The molecule has 90 valence electrons. The molecule has 1 N–H and O–H groups in total. The van der Waals surface area contributed by atoms with Crippen LogP contribution in [0.15, 0.2) is 0 Å². The van der Waals surface area contributed by atoms with Crippen molar-refractivity contribution in [2.24, 2.45) is 0 Å². The third-order valence-corrected chi connectivity index (χ3v) is 4.96. The van der Waals surface area contributed by atoms with E-state index in [1.807, 2.05) is 0 Å². The summed E-state index contributed by atoms with van der Waals surface area (Å²) in [4.78, 5) is 0. The quantitative estimate of drug-likeness (QED) is 0.846. The van der Waals surface area contributed by atoms with E-state index in [1.165, 1.54) is 42.2 Å². The maximum absolute atomic E-state index is 4.22. The van der Waals surface area contributed by atoms with E-state index >= 15 is 0 Å². The summed E-state index contributed by atoms with van der Waals surface area (Å²) >= 11 is 3.54. The fourth-order valence-electron chi connectivity index (χ4n) is 1.93. The van der Waals surface area contributed by atoms with Crippen LogP contribution in [0.4, 0.5) is 5.00 Å². The van der Waals surface area contributed by atoms with Crippen LogP contribution in [0.2, 0.25) is 0 Å². The zero-order valence-electron chi connectivity index (χ0n) is 9.74. The van der Waals surface area contributed by atoms with Gasteiger partial charge in [0.2, 0.25) is 0 Å². The minimum absolute atomic E-state index is 0.862. The summed E-state index contributed by atoms with van der Waals surface area (Å²) in [5.74, 6) is 1.02. The molecule has 0 bridgehead atoms. The number of aromatic nitrogens is 2. The van der Waals surface area contributed by atoms with Gasteiger partial charge in [0.1, 0.15) is 10.7 Å². The minimum atomic E-state index is 0.862. The lowest BCUT2D eigenvalue weighted by Gasteiger charge is -2.08. The van der Waals surface area contributed by atoms with E-state index in [9.17, 15) is 0 Å². The zero-order valence-corrected chi connectivity index (χ0v) is 11.4. The first-order valence-electron chi connectivity index (χ1n) is 6.07. The molecule has 5 heteroatoms. The van der Waals surface area contributed by atoms with Crippen LogP contribution >= 0.6 is 23.3 Å². The largest absolute Gasteiger partial charge is 0.374 e. The minimum Gasteiger partial charge on any atom is -0.374 e. The molecule has 1 aliphatic rings. The Morgan fingerprint density at radius 1 is 1.44 bits per heavy atom. The van der Waals surface area contributed by atoms with Gasteiger partial charge in [-0.05, 0) is 19.3 Å². The van der Waals surface area contributed by atoms with Crippen molar-refractivity contribution in [1.82, 2.24) is 9.59 Å². The number of anilines is 1. The Morgan fingerprint density at radius 2 is 2.25 bits per heavy atom. The summed E-state index contributed by atoms with van der Waals surface area (Å²) < 4.78 is 4.04. The number of hydrogen-bond donors (Lipinski definition) is 1. The molecular weight excluding hydrogens is 238 g/mol. The SMILES string of the molecule is CCCNc1snnc1CSC1CCCC1. The Hall–Kier alpha value is -0.290. The van der Waals surface area contributed by atoms with Gasteiger partial charge in [-0.2, -0.15) is 11.8 Å². The molecule has 0 aliphatic heterocycles. The summed E-state index contributed by atoms with van der Waals surface area (Å²) in [6.45, 7) is 3.19. The third kappa shape index (κ3) is 3.35. The first kappa shape index (κ1) is 12.2. The van der Waals surface area contributed by atoms with Crippen molar-refractivity contribution in [3.63, 3.8) is 0 Å². The molecule has 3 nitrogen and oxygen atoms in total. The number of nitrogens with zero attached hydrogens (tertiary/aromatic N) is 2. The smallest absolute Gasteiger partial charge is 0.134 e. The van der Waals surface area contributed by atoms with Crippen molar-refractivity contribution in [2.75, 3.05) is 11.9 Å². The molecule has 0 amide bonds. The summed E-state index contributed by atoms with van der Waals surface area (Å²) in [7, 11) is 0. The first-order chi connectivity index (χ1) is 7.90. The summed E-state index contributed by atoms with van der Waals surface area (Å²) in [6, 6.07) is 0. The predicted molar refractivity (Wildman–Crippen MR) is 72.2 cm³/mol. The summed E-state index contributed by atoms with van der Waals surface area (Å²) in [6.07, 6.45) is 6.74. The molecule has 0 radical (unpaired) electrons. The van der Waals surface area contributed by atoms with E-state index < -0.39 is 0 Å². The second-order valence-electron chi connectivity index (χ2n) is 4.19. The van der Waals surface area contributed by atoms with E-state index in [0.29, 0.717) is 0 Å². The van der Waals surface area contributed by atoms with Gasteiger partial charge >= 0.3 is 0 Å². The van der Waals surface area contributed by atoms with Gasteiger partial charge in [0.25, 0.3) is 0 Å². The van der Waals surface area contributed by atoms with Crippen LogP contribution in [-0.2, 0) is 5.75 Å². The Balaban J connectivity index is 1.80. The first-order valence-corrected chi connectivity index (χ1v) is 7.89. The lowest BCUT2D eigenvalue weighted by molar-refractivity contribution is 0.886. The van der Waals surface area contributed by atoms with Gasteiger partial charge in [-0.3, -0.25) is 0 Å². The highest BCUT2D eigenvalue weighted by molar-refractivity contribution is 7.99. The van der Waals surface area contributed by atoms with Gasteiger partial charge in [-0.1, -0.05) is 24.3 Å². The topological polar surface area (TPSA) is 37.8 Å². The van der Waals surface area contributed by atoms with Gasteiger partial charge in [0.05, 0.1) is 0 Å². The van der Waals surface area contributed by atoms with Crippen molar-refractivity contribution in [2.45, 2.75) is 50.0 Å². The molecule has 1 aromatic heterocycles. The number of nitrogens with one attached hydrogen (secondary N) is 1. The molecule has 1 aliphatic carbocycles. The highest BCUT2D eigenvalue weighted by Gasteiger charge is 2.17. The van der Waals surface area contributed by atoms with Gasteiger partial charge in [-0.25, -0.2) is 0 Å². The van der Waals surface area contributed by atoms with Crippen LogP contribution in [-0.4, -0.2) is 21.4 Å². The Kier molecular flexibility index (Phi) is 4.91. The highest BCUT2D eigenvalue weighted by Crippen LogP contribution is 2.33. The van der Waals surface area contributed by atoms with E-state index in [1.54, 1.807) is 0 Å². The maximum atomic E-state index is 4.22. The van der Waals surface area contributed by atoms with Crippen molar-refractivity contribution < 1.29 is 0 Å². The molecule has 0 atom stereocenters. The average molecular weight is 257 g/mol. The standard InChI is InChI=1S/C11H19N3S2/c1-2-7-12-11-10(13-14-16-11)8-15-9-5-3-4-6-9/h9,12H,2-8H2,1H3. The van der Waals surface area contributed by atoms with Crippen LogP contribution < -0.4 is 5.32 Å². The molecule has 16 heavy (non-hydrogen) atoms. The van der Waals surface area contributed by atoms with Gasteiger partial charge in [0.15, 0.2) is 0 Å². The van der Waals surface area contributed by atoms with Crippen molar-refractivity contribution >= 4 is 28.3 Å². The molecule has 1 aromatic rings. The van der Waals surface area contributed by atoms with Crippen LogP contribution in [0.5, 0.6) is 0 Å². The maximum Gasteiger partial charge on any atom is 0.134 e. The number of thioether (sulfide) groups is 1. The van der Waals surface area contributed by atoms with E-state index in [2.05, 4.69) is 33.6 Å². The van der Waals surface area contributed by atoms with E-state index in [0.717, 1.165) is 29.7 Å². The molecular formula is C11H19N3S2. The monoisotopic (exact) mass is 257 g/mol. The van der Waals surface area contributed by atoms with Crippen molar-refractivity contribution in [1.29, 1.82) is 0 Å². The van der Waals surface area contributed by atoms with E-state index in [-0.39, 0.29) is 0 Å². The highest BCUT2D eigenvalue weighted by atomic mass is 32.2. The zero-order chi connectivity index (χ0) is 11.2. The Labute approximate surface area is 106 Å². The lowest BCUT2D eigenvalue weighted by Crippen LogP contribution is -2.01. The van der Waals surface area contributed by atoms with Crippen LogP contribution in [0.1, 0.15) is 44.7 Å². The normalized spacial score (nSPS) is 16.8. The Morgan fingerprint density at radius 3 is 3.00 bits per heavy atom. The van der Waals surface area contributed by atoms with Gasteiger partial charge in [-0.15, -0.1) is 5.10 Å². The van der Waals surface area contributed by atoms with Crippen molar-refractivity contribution in [3.05, 3.63) is 5.69 Å². The summed E-state index contributed by atoms with van der Waals surface area (Å²) in [5, 5.41) is 9.65. The molecule has 1 fully saturated rings. The molecule has 0 spiro atoms. The van der Waals surface area contributed by atoms with Gasteiger partial charge in [0, 0.05) is 29.1 Å². The molecule has 1 heterocycles. The fourth-order valence-corrected chi connectivity index (χ4v) is 3.89. The molecule has 1 saturated carbocycles. The molecule has 0 unspecified atom stereocenters. The molecule has 2 rings (SSSR count). The van der Waals surface area contributed by atoms with Crippen LogP contribution in [0, 0.1) is 0 Å². The Bertz CT molecular complexity index is 308. The second-order valence-corrected chi connectivity index (χ2v) is 6.24. The van der Waals surface area contributed by atoms with Gasteiger partial charge < -0.3 is 5.32 Å². The predicted octanol–water partition coefficient (Wildman–Crippen LogP) is 3.54. The van der Waals surface area contributed by atoms with E-state index in [4.69, 9.17) is 0 Å². The van der Waals surface area contributed by atoms with Crippen LogP contribution in [0.25, 0.3) is 0 Å². The summed E-state index contributed by atoms with van der Waals surface area (Å²) in [5.41, 5.74) is 1.15. The second kappa shape index (κ2) is 6.45. The van der Waals surface area contributed by atoms with Crippen molar-refractivity contribution in [3.8, 4) is 0 Å². The number of hydrogen-bond acceptors (Lipinski definition) is 5. The average Bonchev–Trinajstić information content (AvgIpc) is 2.94. The van der Waals surface area contributed by atoms with Crippen LogP contribution in [0.3, 0.4) is 0 Å². The molecule has 0 aromatic carbocycles. The lowest BCUT2D eigenvalue weighted by atomic mass is 10.4. The number of rotatable bonds is 6.